The predicted octanol–water partition coefficient (Wildman–Crippen LogP) is 1.26. The first kappa shape index (κ1) is 8.85. The van der Waals surface area contributed by atoms with Crippen molar-refractivity contribution < 1.29 is 4.74 Å². The lowest BCUT2D eigenvalue weighted by Gasteiger charge is -2.41. The van der Waals surface area contributed by atoms with Crippen LogP contribution in [0.3, 0.4) is 0 Å². The van der Waals surface area contributed by atoms with Gasteiger partial charge in [0.2, 0.25) is 0 Å². The minimum absolute atomic E-state index is 0.192. The fourth-order valence-electron chi connectivity index (χ4n) is 2.24. The van der Waals surface area contributed by atoms with Gasteiger partial charge in [-0.25, -0.2) is 0 Å². The molecule has 0 radical (unpaired) electrons. The summed E-state index contributed by atoms with van der Waals surface area (Å²) >= 11 is 2.03. The molecule has 1 spiro atoms. The molecule has 1 N–H and O–H groups in total. The van der Waals surface area contributed by atoms with Crippen LogP contribution in [0.1, 0.15) is 19.8 Å². The van der Waals surface area contributed by atoms with Crippen LogP contribution in [0.15, 0.2) is 0 Å². The Labute approximate surface area is 78.4 Å². The van der Waals surface area contributed by atoms with Crippen molar-refractivity contribution in [3.63, 3.8) is 0 Å². The van der Waals surface area contributed by atoms with Crippen molar-refractivity contribution in [2.75, 3.05) is 24.7 Å². The van der Waals surface area contributed by atoms with Crippen LogP contribution in [0.2, 0.25) is 0 Å². The molecule has 2 fully saturated rings. The Morgan fingerprint density at radius 3 is 3.25 bits per heavy atom. The second-order valence-electron chi connectivity index (χ2n) is 3.63. The zero-order valence-electron chi connectivity index (χ0n) is 7.64. The SMILES string of the molecule is CCC1NCCOC12CCSC2. The first-order valence-electron chi connectivity index (χ1n) is 4.82. The molecule has 2 atom stereocenters. The Kier molecular flexibility index (Phi) is 2.63. The molecular formula is C9H17NOS. The van der Waals surface area contributed by atoms with Crippen LogP contribution in [0.5, 0.6) is 0 Å². The Morgan fingerprint density at radius 2 is 2.58 bits per heavy atom. The van der Waals surface area contributed by atoms with E-state index in [0.29, 0.717) is 6.04 Å². The topological polar surface area (TPSA) is 21.3 Å². The second kappa shape index (κ2) is 3.56. The molecule has 2 saturated heterocycles. The van der Waals surface area contributed by atoms with Crippen LogP contribution in [-0.2, 0) is 4.74 Å². The van der Waals surface area contributed by atoms with E-state index in [1.165, 1.54) is 24.3 Å². The lowest BCUT2D eigenvalue weighted by atomic mass is 9.90. The molecule has 0 aliphatic carbocycles. The first-order chi connectivity index (χ1) is 5.87. The molecule has 2 heterocycles. The van der Waals surface area contributed by atoms with Crippen molar-refractivity contribution in [3.8, 4) is 0 Å². The van der Waals surface area contributed by atoms with Crippen molar-refractivity contribution in [2.24, 2.45) is 0 Å². The molecule has 12 heavy (non-hydrogen) atoms. The van der Waals surface area contributed by atoms with Crippen LogP contribution in [-0.4, -0.2) is 36.3 Å². The molecule has 2 aliphatic rings. The minimum atomic E-state index is 0.192. The van der Waals surface area contributed by atoms with Crippen LogP contribution in [0, 0.1) is 0 Å². The summed E-state index contributed by atoms with van der Waals surface area (Å²) in [5.41, 5.74) is 0.192. The Morgan fingerprint density at radius 1 is 1.67 bits per heavy atom. The second-order valence-corrected chi connectivity index (χ2v) is 4.74. The van der Waals surface area contributed by atoms with E-state index < -0.39 is 0 Å². The third-order valence-corrected chi connectivity index (χ3v) is 4.13. The molecular weight excluding hydrogens is 170 g/mol. The van der Waals surface area contributed by atoms with Gasteiger partial charge in [-0.3, -0.25) is 0 Å². The fourth-order valence-corrected chi connectivity index (χ4v) is 3.65. The largest absolute Gasteiger partial charge is 0.371 e. The van der Waals surface area contributed by atoms with E-state index in [0.717, 1.165) is 13.2 Å². The molecule has 2 unspecified atom stereocenters. The summed E-state index contributed by atoms with van der Waals surface area (Å²) in [6.45, 7) is 4.18. The molecule has 70 valence electrons. The zero-order valence-corrected chi connectivity index (χ0v) is 8.45. The fraction of sp³-hybridized carbons (Fsp3) is 1.00. The van der Waals surface area contributed by atoms with Gasteiger partial charge < -0.3 is 10.1 Å². The predicted molar refractivity (Wildman–Crippen MR) is 52.7 cm³/mol. The average Bonchev–Trinajstić information content (AvgIpc) is 2.55. The van der Waals surface area contributed by atoms with Crippen molar-refractivity contribution in [3.05, 3.63) is 0 Å². The van der Waals surface area contributed by atoms with Gasteiger partial charge in [0.1, 0.15) is 0 Å². The van der Waals surface area contributed by atoms with Gasteiger partial charge >= 0.3 is 0 Å². The van der Waals surface area contributed by atoms with E-state index in [-0.39, 0.29) is 5.60 Å². The maximum Gasteiger partial charge on any atom is 0.0932 e. The van der Waals surface area contributed by atoms with Gasteiger partial charge in [0.05, 0.1) is 12.2 Å². The summed E-state index contributed by atoms with van der Waals surface area (Å²) in [6, 6.07) is 0.598. The van der Waals surface area contributed by atoms with E-state index in [2.05, 4.69) is 12.2 Å². The maximum atomic E-state index is 5.95. The quantitative estimate of drug-likeness (QED) is 0.668. The number of rotatable bonds is 1. The molecule has 0 aromatic carbocycles. The normalized spacial score (nSPS) is 42.2. The summed E-state index contributed by atoms with van der Waals surface area (Å²) < 4.78 is 5.95. The lowest BCUT2D eigenvalue weighted by Crippen LogP contribution is -2.57. The standard InChI is InChI=1S/C9H17NOS/c1-2-8-9(3-6-12-7-9)11-5-4-10-8/h8,10H,2-7H2,1H3. The van der Waals surface area contributed by atoms with Crippen molar-refractivity contribution in [2.45, 2.75) is 31.4 Å². The summed E-state index contributed by atoms with van der Waals surface area (Å²) in [7, 11) is 0. The molecule has 3 heteroatoms. The minimum Gasteiger partial charge on any atom is -0.371 e. The number of thioether (sulfide) groups is 1. The molecule has 0 saturated carbocycles. The van der Waals surface area contributed by atoms with Crippen molar-refractivity contribution in [1.29, 1.82) is 0 Å². The number of ether oxygens (including phenoxy) is 1. The maximum absolute atomic E-state index is 5.95. The highest BCUT2D eigenvalue weighted by molar-refractivity contribution is 7.99. The molecule has 0 aromatic heterocycles. The Bertz CT molecular complexity index is 157. The van der Waals surface area contributed by atoms with Gasteiger partial charge in [0.25, 0.3) is 0 Å². The van der Waals surface area contributed by atoms with E-state index in [9.17, 15) is 0 Å². The number of morpholine rings is 1. The van der Waals surface area contributed by atoms with Crippen LogP contribution in [0.25, 0.3) is 0 Å². The summed E-state index contributed by atoms with van der Waals surface area (Å²) in [6.07, 6.45) is 2.43. The van der Waals surface area contributed by atoms with Crippen LogP contribution >= 0.6 is 11.8 Å². The van der Waals surface area contributed by atoms with Crippen LogP contribution < -0.4 is 5.32 Å². The highest BCUT2D eigenvalue weighted by atomic mass is 32.2. The average molecular weight is 187 g/mol. The van der Waals surface area contributed by atoms with Crippen molar-refractivity contribution >= 4 is 11.8 Å². The third kappa shape index (κ3) is 1.38. The molecule has 0 aromatic rings. The lowest BCUT2D eigenvalue weighted by molar-refractivity contribution is -0.0789. The molecule has 2 nitrogen and oxygen atoms in total. The molecule has 2 rings (SSSR count). The van der Waals surface area contributed by atoms with Gasteiger partial charge in [-0.2, -0.15) is 11.8 Å². The Hall–Kier alpha value is 0.270. The molecule has 2 aliphatic heterocycles. The third-order valence-electron chi connectivity index (χ3n) is 2.94. The number of nitrogens with one attached hydrogen (secondary N) is 1. The number of hydrogen-bond donors (Lipinski definition) is 1. The van der Waals surface area contributed by atoms with E-state index in [1.54, 1.807) is 0 Å². The summed E-state index contributed by atoms with van der Waals surface area (Å²) in [5.74, 6) is 2.47. The Balaban J connectivity index is 2.07. The van der Waals surface area contributed by atoms with Gasteiger partial charge in [-0.15, -0.1) is 0 Å². The zero-order chi connectivity index (χ0) is 8.44. The highest BCUT2D eigenvalue weighted by Crippen LogP contribution is 2.36. The van der Waals surface area contributed by atoms with E-state index >= 15 is 0 Å². The van der Waals surface area contributed by atoms with Gasteiger partial charge in [-0.1, -0.05) is 6.92 Å². The van der Waals surface area contributed by atoms with Gasteiger partial charge in [0.15, 0.2) is 0 Å². The highest BCUT2D eigenvalue weighted by Gasteiger charge is 2.43. The van der Waals surface area contributed by atoms with Crippen molar-refractivity contribution in [1.82, 2.24) is 5.32 Å². The number of hydrogen-bond acceptors (Lipinski definition) is 3. The van der Waals surface area contributed by atoms with Crippen LogP contribution in [0.4, 0.5) is 0 Å². The first-order valence-corrected chi connectivity index (χ1v) is 5.98. The van der Waals surface area contributed by atoms with E-state index in [4.69, 9.17) is 4.74 Å². The monoisotopic (exact) mass is 187 g/mol. The van der Waals surface area contributed by atoms with Gasteiger partial charge in [-0.05, 0) is 18.6 Å². The summed E-state index contributed by atoms with van der Waals surface area (Å²) in [5, 5.41) is 3.56. The summed E-state index contributed by atoms with van der Waals surface area (Å²) in [4.78, 5) is 0. The van der Waals surface area contributed by atoms with Gasteiger partial charge in [0, 0.05) is 18.3 Å². The smallest absolute Gasteiger partial charge is 0.0932 e. The molecule has 0 amide bonds. The van der Waals surface area contributed by atoms with E-state index in [1.807, 2.05) is 11.8 Å². The molecule has 0 bridgehead atoms.